The normalized spacial score (nSPS) is 24.7. The molecule has 2 aromatic heterocycles. The lowest BCUT2D eigenvalue weighted by Gasteiger charge is -2.41. The summed E-state index contributed by atoms with van der Waals surface area (Å²) in [6.45, 7) is 11.0. The van der Waals surface area contributed by atoms with Gasteiger partial charge in [0.05, 0.1) is 12.4 Å². The Kier molecular flexibility index (Phi) is 7.64. The molecule has 1 aromatic carbocycles. The lowest BCUT2D eigenvalue weighted by atomic mass is 10.0. The maximum Gasteiger partial charge on any atom is 0.256 e. The minimum absolute atomic E-state index is 0.0316. The van der Waals surface area contributed by atoms with E-state index >= 15 is 0 Å². The van der Waals surface area contributed by atoms with Crippen molar-refractivity contribution in [3.8, 4) is 0 Å². The molecule has 3 aromatic rings. The molecule has 2 fully saturated rings. The molecule has 2 aliphatic rings. The topological polar surface area (TPSA) is 121 Å². The third kappa shape index (κ3) is 5.64. The van der Waals surface area contributed by atoms with Crippen LogP contribution in [0.3, 0.4) is 0 Å². The Morgan fingerprint density at radius 2 is 1.90 bits per heavy atom. The molecule has 0 bridgehead atoms. The number of ether oxygens (including phenoxy) is 2. The average molecular weight is 554 g/mol. The van der Waals surface area contributed by atoms with Crippen molar-refractivity contribution in [2.24, 2.45) is 5.92 Å². The smallest absolute Gasteiger partial charge is 0.256 e. The highest BCUT2D eigenvalue weighted by molar-refractivity contribution is 6.74. The Hall–Kier alpha value is -2.70. The SMILES string of the molecule is CO[C@@H]1[C@H](O[Si](C)(C)C(C)(C)C)[C@@H]([C@@H](O)CC2CC2)O[C@H]1n1cnc2c(NC(=O)c3ccccc3)ncnc21. The van der Waals surface area contributed by atoms with E-state index in [2.05, 4.69) is 54.1 Å². The van der Waals surface area contributed by atoms with Crippen LogP contribution in [0, 0.1) is 5.92 Å². The van der Waals surface area contributed by atoms with Crippen molar-refractivity contribution in [3.05, 3.63) is 48.5 Å². The van der Waals surface area contributed by atoms with Gasteiger partial charge in [-0.1, -0.05) is 51.8 Å². The number of aliphatic hydroxyl groups excluding tert-OH is 1. The minimum Gasteiger partial charge on any atom is -0.408 e. The van der Waals surface area contributed by atoms with Crippen molar-refractivity contribution in [2.45, 2.75) is 88.8 Å². The highest BCUT2D eigenvalue weighted by atomic mass is 28.4. The van der Waals surface area contributed by atoms with Crippen LogP contribution in [0.5, 0.6) is 0 Å². The molecule has 10 nitrogen and oxygen atoms in total. The largest absolute Gasteiger partial charge is 0.408 e. The van der Waals surface area contributed by atoms with Crippen LogP contribution < -0.4 is 5.32 Å². The first kappa shape index (κ1) is 27.8. The lowest BCUT2D eigenvalue weighted by molar-refractivity contribution is -0.0869. The van der Waals surface area contributed by atoms with E-state index in [0.29, 0.717) is 34.9 Å². The molecule has 0 unspecified atom stereocenters. The Labute approximate surface area is 230 Å². The van der Waals surface area contributed by atoms with E-state index in [0.717, 1.165) is 12.8 Å². The van der Waals surface area contributed by atoms with Crippen LogP contribution >= 0.6 is 0 Å². The highest BCUT2D eigenvalue weighted by Crippen LogP contribution is 2.45. The molecule has 1 aliphatic heterocycles. The molecule has 2 N–H and O–H groups in total. The number of rotatable bonds is 9. The molecule has 5 rings (SSSR count). The van der Waals surface area contributed by atoms with Crippen LogP contribution in [-0.4, -0.2) is 70.4 Å². The Morgan fingerprint density at radius 1 is 1.18 bits per heavy atom. The number of carbonyl (C=O) groups excluding carboxylic acids is 1. The van der Waals surface area contributed by atoms with Crippen LogP contribution in [0.4, 0.5) is 5.82 Å². The van der Waals surface area contributed by atoms with Gasteiger partial charge in [-0.2, -0.15) is 0 Å². The van der Waals surface area contributed by atoms with E-state index in [1.165, 1.54) is 6.33 Å². The monoisotopic (exact) mass is 553 g/mol. The number of aliphatic hydroxyl groups is 1. The molecule has 1 amide bonds. The van der Waals surface area contributed by atoms with Gasteiger partial charge in [-0.05, 0) is 42.6 Å². The summed E-state index contributed by atoms with van der Waals surface area (Å²) < 4.78 is 21.2. The predicted octanol–water partition coefficient (Wildman–Crippen LogP) is 4.54. The number of nitrogens with zero attached hydrogens (tertiary/aromatic N) is 4. The van der Waals surface area contributed by atoms with Crippen LogP contribution in [0.25, 0.3) is 11.2 Å². The van der Waals surface area contributed by atoms with E-state index in [9.17, 15) is 9.90 Å². The first-order chi connectivity index (χ1) is 18.5. The van der Waals surface area contributed by atoms with Crippen molar-refractivity contribution in [3.63, 3.8) is 0 Å². The third-order valence-corrected chi connectivity index (χ3v) is 12.8. The fourth-order valence-electron chi connectivity index (χ4n) is 4.83. The molecule has 0 spiro atoms. The molecule has 3 heterocycles. The number of methoxy groups -OCH3 is 1. The van der Waals surface area contributed by atoms with Gasteiger partial charge in [-0.3, -0.25) is 9.36 Å². The fourth-order valence-corrected chi connectivity index (χ4v) is 6.13. The van der Waals surface area contributed by atoms with E-state index in [4.69, 9.17) is 13.9 Å². The first-order valence-corrected chi connectivity index (χ1v) is 16.5. The molecule has 1 aliphatic carbocycles. The van der Waals surface area contributed by atoms with Crippen LogP contribution in [0.15, 0.2) is 43.0 Å². The number of benzene rings is 1. The van der Waals surface area contributed by atoms with Crippen molar-refractivity contribution in [2.75, 3.05) is 12.4 Å². The zero-order chi connectivity index (χ0) is 27.9. The van der Waals surface area contributed by atoms with Crippen LogP contribution in [0.2, 0.25) is 18.1 Å². The maximum atomic E-state index is 12.8. The second kappa shape index (κ2) is 10.7. The number of imidazole rings is 1. The zero-order valence-corrected chi connectivity index (χ0v) is 24.5. The second-order valence-corrected chi connectivity index (χ2v) is 16.9. The standard InChI is InChI=1S/C28H39N5O5Si/c1-28(2,3)39(5,6)38-22-21(19(34)14-17-12-13-17)37-27(23(22)36-4)33-16-31-20-24(29-15-30-25(20)33)32-26(35)18-10-8-7-9-11-18/h7-11,15-17,19,21-23,27,34H,12-14H2,1-6H3,(H,29,30,32,35)/t19-,21+,22+,23+,27+/m0/s1. The van der Waals surface area contributed by atoms with Gasteiger partial charge in [0.25, 0.3) is 5.91 Å². The summed E-state index contributed by atoms with van der Waals surface area (Å²) in [5.74, 6) is 0.539. The summed E-state index contributed by atoms with van der Waals surface area (Å²) in [5.41, 5.74) is 1.44. The van der Waals surface area contributed by atoms with Gasteiger partial charge in [0.1, 0.15) is 24.6 Å². The van der Waals surface area contributed by atoms with E-state index < -0.39 is 39.0 Å². The van der Waals surface area contributed by atoms with Crippen molar-refractivity contribution >= 4 is 31.2 Å². The molecule has 1 saturated heterocycles. The number of nitrogens with one attached hydrogen (secondary N) is 1. The van der Waals surface area contributed by atoms with Gasteiger partial charge < -0.3 is 24.3 Å². The van der Waals surface area contributed by atoms with Gasteiger partial charge in [-0.15, -0.1) is 0 Å². The van der Waals surface area contributed by atoms with Crippen LogP contribution in [-0.2, 0) is 13.9 Å². The lowest BCUT2D eigenvalue weighted by Crippen LogP contribution is -2.51. The molecular weight excluding hydrogens is 514 g/mol. The van der Waals surface area contributed by atoms with E-state index in [1.807, 2.05) is 6.07 Å². The third-order valence-electron chi connectivity index (χ3n) is 8.29. The van der Waals surface area contributed by atoms with Crippen molar-refractivity contribution < 1.29 is 23.8 Å². The predicted molar refractivity (Wildman–Crippen MR) is 150 cm³/mol. The van der Waals surface area contributed by atoms with Gasteiger partial charge in [0.15, 0.2) is 31.5 Å². The zero-order valence-electron chi connectivity index (χ0n) is 23.5. The first-order valence-electron chi connectivity index (χ1n) is 13.6. The number of fused-ring (bicyclic) bond motifs is 1. The number of anilines is 1. The number of carbonyl (C=O) groups is 1. The summed E-state index contributed by atoms with van der Waals surface area (Å²) in [4.78, 5) is 26.1. The van der Waals surface area contributed by atoms with Gasteiger partial charge >= 0.3 is 0 Å². The summed E-state index contributed by atoms with van der Waals surface area (Å²) in [6.07, 6.45) is 3.10. The minimum atomic E-state index is -2.24. The van der Waals surface area contributed by atoms with Crippen molar-refractivity contribution in [1.82, 2.24) is 19.5 Å². The van der Waals surface area contributed by atoms with E-state index in [1.54, 1.807) is 42.3 Å². The van der Waals surface area contributed by atoms with Gasteiger partial charge in [0, 0.05) is 12.7 Å². The molecule has 0 radical (unpaired) electrons. The summed E-state index contributed by atoms with van der Waals surface area (Å²) in [7, 11) is -0.600. The Bertz CT molecular complexity index is 1310. The molecule has 210 valence electrons. The highest BCUT2D eigenvalue weighted by Gasteiger charge is 2.53. The molecule has 5 atom stereocenters. The number of aromatic nitrogens is 4. The summed E-state index contributed by atoms with van der Waals surface area (Å²) in [5, 5.41) is 14.1. The summed E-state index contributed by atoms with van der Waals surface area (Å²) in [6, 6.07) is 8.93. The second-order valence-electron chi connectivity index (χ2n) is 12.1. The number of hydrogen-bond acceptors (Lipinski definition) is 8. The molecule has 39 heavy (non-hydrogen) atoms. The molecule has 1 saturated carbocycles. The Balaban J connectivity index is 1.47. The van der Waals surface area contributed by atoms with Crippen LogP contribution in [0.1, 0.15) is 56.6 Å². The van der Waals surface area contributed by atoms with E-state index in [-0.39, 0.29) is 10.9 Å². The maximum absolute atomic E-state index is 12.8. The Morgan fingerprint density at radius 3 is 2.54 bits per heavy atom. The number of amides is 1. The quantitative estimate of drug-likeness (QED) is 0.371. The fraction of sp³-hybridized carbons (Fsp3) is 0.571. The van der Waals surface area contributed by atoms with Gasteiger partial charge in [-0.25, -0.2) is 15.0 Å². The molecule has 11 heteroatoms. The van der Waals surface area contributed by atoms with Crippen molar-refractivity contribution in [1.29, 1.82) is 0 Å². The average Bonchev–Trinajstić information content (AvgIpc) is 3.48. The number of hydrogen-bond donors (Lipinski definition) is 2. The van der Waals surface area contributed by atoms with Gasteiger partial charge in [0.2, 0.25) is 0 Å². The molecular formula is C28H39N5O5Si. The summed E-state index contributed by atoms with van der Waals surface area (Å²) >= 11 is 0.